The lowest BCUT2D eigenvalue weighted by atomic mass is 10.5. The average Bonchev–Trinajstić information content (AvgIpc) is 1.84. The summed E-state index contributed by atoms with van der Waals surface area (Å²) in [5.41, 5.74) is 0. The van der Waals surface area contributed by atoms with Gasteiger partial charge in [0.05, 0.1) is 13.2 Å². The molecule has 0 rings (SSSR count). The van der Waals surface area contributed by atoms with Gasteiger partial charge in [0.25, 0.3) is 0 Å². The topological polar surface area (TPSA) is 52.6 Å². The Labute approximate surface area is 73.6 Å². The van der Waals surface area contributed by atoms with Crippen LogP contribution >= 0.6 is 12.4 Å². The third-order valence-corrected chi connectivity index (χ3v) is 1.67. The SMILES string of the molecule is CCCOS(=O)(=O)OCC.Cl. The summed E-state index contributed by atoms with van der Waals surface area (Å²) in [5, 5.41) is 0. The normalized spacial score (nSPS) is 10.7. The van der Waals surface area contributed by atoms with Crippen molar-refractivity contribution >= 4 is 22.8 Å². The van der Waals surface area contributed by atoms with Gasteiger partial charge in [-0.25, -0.2) is 8.37 Å². The summed E-state index contributed by atoms with van der Waals surface area (Å²) in [6.07, 6.45) is 0.659. The molecular weight excluding hydrogens is 192 g/mol. The van der Waals surface area contributed by atoms with Gasteiger partial charge >= 0.3 is 10.4 Å². The van der Waals surface area contributed by atoms with Crippen LogP contribution in [0, 0.1) is 0 Å². The molecule has 0 atom stereocenters. The smallest absolute Gasteiger partial charge is 0.248 e. The van der Waals surface area contributed by atoms with Crippen molar-refractivity contribution in [3.05, 3.63) is 0 Å². The molecule has 0 fully saturated rings. The molecule has 0 unspecified atom stereocenters. The molecule has 0 saturated carbocycles. The Hall–Kier alpha value is 0.160. The third kappa shape index (κ3) is 8.06. The van der Waals surface area contributed by atoms with Crippen molar-refractivity contribution in [1.29, 1.82) is 0 Å². The molecule has 0 saturated heterocycles. The number of halogens is 1. The van der Waals surface area contributed by atoms with Crippen LogP contribution in [-0.4, -0.2) is 21.6 Å². The Morgan fingerprint density at radius 3 is 2.09 bits per heavy atom. The minimum Gasteiger partial charge on any atom is -0.248 e. The van der Waals surface area contributed by atoms with E-state index in [0.29, 0.717) is 6.42 Å². The van der Waals surface area contributed by atoms with Crippen LogP contribution < -0.4 is 0 Å². The largest absolute Gasteiger partial charge is 0.399 e. The van der Waals surface area contributed by atoms with Gasteiger partial charge in [-0.3, -0.25) is 0 Å². The molecule has 0 aromatic heterocycles. The molecule has 70 valence electrons. The van der Waals surface area contributed by atoms with Crippen molar-refractivity contribution in [2.45, 2.75) is 20.3 Å². The van der Waals surface area contributed by atoms with Crippen LogP contribution in [0.25, 0.3) is 0 Å². The van der Waals surface area contributed by atoms with E-state index < -0.39 is 10.4 Å². The Kier molecular flexibility index (Phi) is 8.54. The molecule has 0 bridgehead atoms. The van der Waals surface area contributed by atoms with E-state index in [1.54, 1.807) is 6.92 Å². The van der Waals surface area contributed by atoms with Crippen molar-refractivity contribution in [2.75, 3.05) is 13.2 Å². The zero-order valence-electron chi connectivity index (χ0n) is 6.57. The van der Waals surface area contributed by atoms with E-state index in [4.69, 9.17) is 0 Å². The van der Waals surface area contributed by atoms with Crippen LogP contribution in [0.15, 0.2) is 0 Å². The van der Waals surface area contributed by atoms with Gasteiger partial charge in [-0.05, 0) is 13.3 Å². The first-order valence-electron chi connectivity index (χ1n) is 3.16. The first-order chi connectivity index (χ1) is 4.62. The van der Waals surface area contributed by atoms with Gasteiger partial charge in [0, 0.05) is 0 Å². The van der Waals surface area contributed by atoms with Gasteiger partial charge in [-0.1, -0.05) is 6.92 Å². The monoisotopic (exact) mass is 204 g/mol. The van der Waals surface area contributed by atoms with E-state index in [1.165, 1.54) is 0 Å². The number of hydrogen-bond donors (Lipinski definition) is 0. The lowest BCUT2D eigenvalue weighted by molar-refractivity contribution is 0.222. The molecule has 0 aliphatic rings. The standard InChI is InChI=1S/C5H12O4S.ClH/c1-3-5-9-10(6,7)8-4-2;/h3-5H2,1-2H3;1H. The van der Waals surface area contributed by atoms with E-state index in [0.717, 1.165) is 0 Å². The number of hydrogen-bond acceptors (Lipinski definition) is 4. The first-order valence-corrected chi connectivity index (χ1v) is 4.49. The van der Waals surface area contributed by atoms with Crippen LogP contribution in [-0.2, 0) is 18.8 Å². The Bertz CT molecular complexity index is 165. The summed E-state index contributed by atoms with van der Waals surface area (Å²) in [5.74, 6) is 0. The van der Waals surface area contributed by atoms with E-state index >= 15 is 0 Å². The first kappa shape index (κ1) is 13.7. The summed E-state index contributed by atoms with van der Waals surface area (Å²) in [6, 6.07) is 0. The van der Waals surface area contributed by atoms with Crippen LogP contribution in [0.2, 0.25) is 0 Å². The fourth-order valence-corrected chi connectivity index (χ4v) is 1.09. The molecule has 0 spiro atoms. The van der Waals surface area contributed by atoms with Gasteiger partial charge in [-0.2, -0.15) is 8.42 Å². The molecule has 0 heterocycles. The third-order valence-electron chi connectivity index (χ3n) is 0.694. The number of rotatable bonds is 5. The molecule has 6 heteroatoms. The second-order valence-corrected chi connectivity index (χ2v) is 2.92. The van der Waals surface area contributed by atoms with Gasteiger partial charge in [0.15, 0.2) is 0 Å². The average molecular weight is 205 g/mol. The van der Waals surface area contributed by atoms with Gasteiger partial charge in [0.2, 0.25) is 0 Å². The zero-order valence-corrected chi connectivity index (χ0v) is 8.20. The Morgan fingerprint density at radius 2 is 1.73 bits per heavy atom. The van der Waals surface area contributed by atoms with Gasteiger partial charge in [-0.15, -0.1) is 12.4 Å². The van der Waals surface area contributed by atoms with Gasteiger partial charge in [0.1, 0.15) is 0 Å². The maximum Gasteiger partial charge on any atom is 0.399 e. The zero-order chi connectivity index (χ0) is 8.04. The fraction of sp³-hybridized carbons (Fsp3) is 1.00. The van der Waals surface area contributed by atoms with Gasteiger partial charge < -0.3 is 0 Å². The van der Waals surface area contributed by atoms with Crippen molar-refractivity contribution in [3.63, 3.8) is 0 Å². The van der Waals surface area contributed by atoms with Crippen molar-refractivity contribution in [2.24, 2.45) is 0 Å². The molecule has 11 heavy (non-hydrogen) atoms. The second kappa shape index (κ2) is 6.84. The quantitative estimate of drug-likeness (QED) is 0.674. The van der Waals surface area contributed by atoms with Crippen LogP contribution in [0.4, 0.5) is 0 Å². The molecule has 0 aliphatic heterocycles. The van der Waals surface area contributed by atoms with Crippen molar-refractivity contribution < 1.29 is 16.8 Å². The molecule has 0 aromatic rings. The van der Waals surface area contributed by atoms with Crippen LogP contribution in [0.1, 0.15) is 20.3 Å². The highest BCUT2D eigenvalue weighted by atomic mass is 35.5. The maximum absolute atomic E-state index is 10.5. The lowest BCUT2D eigenvalue weighted by Gasteiger charge is -2.00. The molecule has 0 aliphatic carbocycles. The highest BCUT2D eigenvalue weighted by Gasteiger charge is 2.08. The molecule has 0 amide bonds. The molecule has 0 radical (unpaired) electrons. The fourth-order valence-electron chi connectivity index (χ4n) is 0.364. The minimum atomic E-state index is -3.69. The van der Waals surface area contributed by atoms with E-state index in [2.05, 4.69) is 8.37 Å². The second-order valence-electron chi connectivity index (χ2n) is 1.64. The molecule has 4 nitrogen and oxygen atoms in total. The summed E-state index contributed by atoms with van der Waals surface area (Å²) in [7, 11) is -3.69. The van der Waals surface area contributed by atoms with Crippen molar-refractivity contribution in [3.8, 4) is 0 Å². The Balaban J connectivity index is 0. The summed E-state index contributed by atoms with van der Waals surface area (Å²) in [4.78, 5) is 0. The summed E-state index contributed by atoms with van der Waals surface area (Å²) in [6.45, 7) is 3.71. The minimum absolute atomic E-state index is 0. The molecular formula is C5H13ClO4S. The maximum atomic E-state index is 10.5. The lowest BCUT2D eigenvalue weighted by Crippen LogP contribution is -2.10. The highest BCUT2D eigenvalue weighted by Crippen LogP contribution is 1.95. The van der Waals surface area contributed by atoms with Crippen LogP contribution in [0.3, 0.4) is 0 Å². The van der Waals surface area contributed by atoms with E-state index in [1.807, 2.05) is 6.92 Å². The van der Waals surface area contributed by atoms with Crippen LogP contribution in [0.5, 0.6) is 0 Å². The molecule has 0 N–H and O–H groups in total. The predicted octanol–water partition coefficient (Wildman–Crippen LogP) is 1.12. The van der Waals surface area contributed by atoms with Crippen molar-refractivity contribution in [1.82, 2.24) is 0 Å². The van der Waals surface area contributed by atoms with E-state index in [-0.39, 0.29) is 25.6 Å². The predicted molar refractivity (Wildman–Crippen MR) is 44.0 cm³/mol. The summed E-state index contributed by atoms with van der Waals surface area (Å²) >= 11 is 0. The summed E-state index contributed by atoms with van der Waals surface area (Å²) < 4.78 is 29.7. The van der Waals surface area contributed by atoms with E-state index in [9.17, 15) is 8.42 Å². The molecule has 0 aromatic carbocycles. The highest BCUT2D eigenvalue weighted by molar-refractivity contribution is 7.81. The Morgan fingerprint density at radius 1 is 1.18 bits per heavy atom.